The number of alkyl halides is 1. The fourth-order valence-corrected chi connectivity index (χ4v) is 0.515. The Hall–Kier alpha value is 0.650. The average molecular weight is 243 g/mol. The highest BCUT2D eigenvalue weighted by Gasteiger charge is 1.95. The predicted octanol–water partition coefficient (Wildman–Crippen LogP) is 2.09. The van der Waals surface area contributed by atoms with Crippen molar-refractivity contribution in [2.75, 3.05) is 6.61 Å². The Kier molecular flexibility index (Phi) is 7.25. The van der Waals surface area contributed by atoms with Crippen LogP contribution >= 0.6 is 22.6 Å². The van der Waals surface area contributed by atoms with E-state index in [0.717, 1.165) is 19.4 Å². The monoisotopic (exact) mass is 243 g/mol. The summed E-state index contributed by atoms with van der Waals surface area (Å²) in [6.45, 7) is 5.02. The molecule has 0 aliphatic rings. The van der Waals surface area contributed by atoms with Crippen LogP contribution in [0, 0.1) is 0 Å². The molecule has 1 atom stereocenters. The van der Waals surface area contributed by atoms with E-state index in [9.17, 15) is 0 Å². The smallest absolute Gasteiger partial charge is 0.0833 e. The summed E-state index contributed by atoms with van der Waals surface area (Å²) in [4.78, 5) is 5.08. The third-order valence-electron chi connectivity index (χ3n) is 0.876. The summed E-state index contributed by atoms with van der Waals surface area (Å²) in [7, 11) is 0. The van der Waals surface area contributed by atoms with E-state index < -0.39 is 0 Å². The third-order valence-corrected chi connectivity index (χ3v) is 2.01. The summed E-state index contributed by atoms with van der Waals surface area (Å²) in [5.74, 6) is 0. The second kappa shape index (κ2) is 6.77. The second-order valence-corrected chi connectivity index (χ2v) is 3.35. The summed E-state index contributed by atoms with van der Waals surface area (Å²) in [6.07, 6.45) is 2.17. The first kappa shape index (κ1) is 9.65. The fraction of sp³-hybridized carbons (Fsp3) is 1.00. The van der Waals surface area contributed by atoms with Crippen LogP contribution in [0.15, 0.2) is 0 Å². The van der Waals surface area contributed by atoms with E-state index in [1.165, 1.54) is 0 Å². The number of halogens is 1. The Morgan fingerprint density at radius 1 is 1.56 bits per heavy atom. The van der Waals surface area contributed by atoms with Crippen LogP contribution in [0.2, 0.25) is 0 Å². The number of hydrogen-bond acceptors (Lipinski definition) is 2. The van der Waals surface area contributed by atoms with Gasteiger partial charge in [0.15, 0.2) is 0 Å². The normalized spacial score (nSPS) is 13.7. The molecule has 56 valence electrons. The molecule has 0 aliphatic heterocycles. The van der Waals surface area contributed by atoms with E-state index in [1.807, 2.05) is 0 Å². The van der Waals surface area contributed by atoms with E-state index in [0.29, 0.717) is 4.05 Å². The number of hydrogen-bond donors (Lipinski definition) is 1. The molecular formula is C6H14INO. The molecule has 0 amide bonds. The van der Waals surface area contributed by atoms with E-state index in [1.54, 1.807) is 0 Å². The molecule has 0 rings (SSSR count). The molecule has 0 spiro atoms. The minimum atomic E-state index is 0.453. The van der Waals surface area contributed by atoms with Gasteiger partial charge in [0.25, 0.3) is 0 Å². The molecule has 0 aromatic carbocycles. The van der Waals surface area contributed by atoms with Gasteiger partial charge in [-0.25, -0.2) is 0 Å². The lowest BCUT2D eigenvalue weighted by Crippen LogP contribution is -2.22. The van der Waals surface area contributed by atoms with Gasteiger partial charge in [-0.15, -0.1) is 0 Å². The first-order valence-corrected chi connectivity index (χ1v) is 4.57. The van der Waals surface area contributed by atoms with Crippen LogP contribution in [-0.4, -0.2) is 10.7 Å². The van der Waals surface area contributed by atoms with Gasteiger partial charge in [-0.1, -0.05) is 36.4 Å². The molecule has 0 bridgehead atoms. The lowest BCUT2D eigenvalue weighted by molar-refractivity contribution is 0.0378. The van der Waals surface area contributed by atoms with Crippen LogP contribution in [0.3, 0.4) is 0 Å². The van der Waals surface area contributed by atoms with Crippen molar-refractivity contribution in [3.63, 3.8) is 0 Å². The maximum absolute atomic E-state index is 5.08. The molecule has 0 aromatic heterocycles. The highest BCUT2D eigenvalue weighted by atomic mass is 127. The van der Waals surface area contributed by atoms with E-state index in [-0.39, 0.29) is 0 Å². The average Bonchev–Trinajstić information content (AvgIpc) is 1.89. The Morgan fingerprint density at radius 2 is 2.22 bits per heavy atom. The molecule has 9 heavy (non-hydrogen) atoms. The Labute approximate surface area is 70.4 Å². The molecular weight excluding hydrogens is 229 g/mol. The summed E-state index contributed by atoms with van der Waals surface area (Å²) in [5, 5.41) is 0. The largest absolute Gasteiger partial charge is 0.301 e. The molecule has 1 N–H and O–H groups in total. The fourth-order valence-electron chi connectivity index (χ4n) is 0.335. The molecule has 0 saturated carbocycles. The van der Waals surface area contributed by atoms with E-state index in [2.05, 4.69) is 41.9 Å². The van der Waals surface area contributed by atoms with Crippen LogP contribution < -0.4 is 5.48 Å². The summed E-state index contributed by atoms with van der Waals surface area (Å²) < 4.78 is 0.453. The first-order chi connectivity index (χ1) is 4.31. The molecule has 0 radical (unpaired) electrons. The molecule has 3 heteroatoms. The van der Waals surface area contributed by atoms with Crippen LogP contribution in [-0.2, 0) is 4.84 Å². The zero-order valence-electron chi connectivity index (χ0n) is 5.98. The van der Waals surface area contributed by atoms with Crippen molar-refractivity contribution in [1.29, 1.82) is 0 Å². The minimum absolute atomic E-state index is 0.453. The Bertz CT molecular complexity index is 61.0. The Morgan fingerprint density at radius 3 is 2.67 bits per heavy atom. The van der Waals surface area contributed by atoms with Gasteiger partial charge in [-0.2, -0.15) is 5.48 Å². The predicted molar refractivity (Wildman–Crippen MR) is 47.5 cm³/mol. The van der Waals surface area contributed by atoms with Crippen molar-refractivity contribution in [2.45, 2.75) is 30.7 Å². The molecule has 0 aromatic rings. The van der Waals surface area contributed by atoms with Gasteiger partial charge >= 0.3 is 0 Å². The van der Waals surface area contributed by atoms with Gasteiger partial charge in [0.05, 0.1) is 10.7 Å². The van der Waals surface area contributed by atoms with E-state index >= 15 is 0 Å². The van der Waals surface area contributed by atoms with Gasteiger partial charge in [-0.3, -0.25) is 0 Å². The van der Waals surface area contributed by atoms with Crippen molar-refractivity contribution >= 4 is 22.6 Å². The second-order valence-electron chi connectivity index (χ2n) is 1.84. The lowest BCUT2D eigenvalue weighted by atomic mass is 10.5. The van der Waals surface area contributed by atoms with Gasteiger partial charge in [0, 0.05) is 0 Å². The number of hydroxylamine groups is 1. The third kappa shape index (κ3) is 6.54. The van der Waals surface area contributed by atoms with Gasteiger partial charge in [-0.05, 0) is 12.8 Å². The van der Waals surface area contributed by atoms with Crippen LogP contribution in [0.5, 0.6) is 0 Å². The van der Waals surface area contributed by atoms with Crippen molar-refractivity contribution in [2.24, 2.45) is 0 Å². The summed E-state index contributed by atoms with van der Waals surface area (Å²) in [5.41, 5.74) is 2.92. The van der Waals surface area contributed by atoms with Crippen molar-refractivity contribution in [3.8, 4) is 0 Å². The van der Waals surface area contributed by atoms with Gasteiger partial charge < -0.3 is 4.84 Å². The van der Waals surface area contributed by atoms with Crippen molar-refractivity contribution in [1.82, 2.24) is 5.48 Å². The van der Waals surface area contributed by atoms with E-state index in [4.69, 9.17) is 4.84 Å². The van der Waals surface area contributed by atoms with Crippen LogP contribution in [0.25, 0.3) is 0 Å². The summed E-state index contributed by atoms with van der Waals surface area (Å²) >= 11 is 2.31. The molecule has 0 heterocycles. The van der Waals surface area contributed by atoms with Crippen LogP contribution in [0.4, 0.5) is 0 Å². The number of rotatable bonds is 5. The molecule has 0 saturated heterocycles. The SMILES string of the molecule is CCCONC(I)CC. The zero-order valence-corrected chi connectivity index (χ0v) is 8.14. The van der Waals surface area contributed by atoms with Crippen molar-refractivity contribution < 1.29 is 4.84 Å². The lowest BCUT2D eigenvalue weighted by Gasteiger charge is -2.07. The molecule has 0 fully saturated rings. The minimum Gasteiger partial charge on any atom is -0.301 e. The molecule has 2 nitrogen and oxygen atoms in total. The Balaban J connectivity index is 2.88. The summed E-state index contributed by atoms with van der Waals surface area (Å²) in [6, 6.07) is 0. The zero-order chi connectivity index (χ0) is 7.11. The first-order valence-electron chi connectivity index (χ1n) is 3.32. The quantitative estimate of drug-likeness (QED) is 0.262. The standard InChI is InChI=1S/C6H14INO/c1-3-5-9-8-6(7)4-2/h6,8H,3-5H2,1-2H3. The highest BCUT2D eigenvalue weighted by Crippen LogP contribution is 1.99. The maximum Gasteiger partial charge on any atom is 0.0833 e. The highest BCUT2D eigenvalue weighted by molar-refractivity contribution is 14.1. The van der Waals surface area contributed by atoms with Crippen LogP contribution in [0.1, 0.15) is 26.7 Å². The van der Waals surface area contributed by atoms with Gasteiger partial charge in [0.1, 0.15) is 0 Å². The molecule has 0 aliphatic carbocycles. The maximum atomic E-state index is 5.08. The molecule has 1 unspecified atom stereocenters. The topological polar surface area (TPSA) is 21.3 Å². The van der Waals surface area contributed by atoms with Gasteiger partial charge in [0.2, 0.25) is 0 Å². The number of nitrogens with one attached hydrogen (secondary N) is 1. The van der Waals surface area contributed by atoms with Crippen molar-refractivity contribution in [3.05, 3.63) is 0 Å².